The van der Waals surface area contributed by atoms with Gasteiger partial charge in [0.1, 0.15) is 0 Å². The van der Waals surface area contributed by atoms with Gasteiger partial charge in [-0.1, -0.05) is 6.07 Å². The van der Waals surface area contributed by atoms with Gasteiger partial charge < -0.3 is 9.80 Å². The van der Waals surface area contributed by atoms with Crippen LogP contribution in [0.25, 0.3) is 0 Å². The lowest BCUT2D eigenvalue weighted by Gasteiger charge is -2.36. The molecule has 4 rings (SSSR count). The van der Waals surface area contributed by atoms with E-state index in [2.05, 4.69) is 44.6 Å². The first-order valence-electron chi connectivity index (χ1n) is 9.30. The van der Waals surface area contributed by atoms with Gasteiger partial charge in [-0.15, -0.1) is 11.3 Å². The highest BCUT2D eigenvalue weighted by Crippen LogP contribution is 2.27. The van der Waals surface area contributed by atoms with Gasteiger partial charge in [-0.2, -0.15) is 5.10 Å². The van der Waals surface area contributed by atoms with Crippen LogP contribution < -0.4 is 0 Å². The molecule has 2 aliphatic rings. The van der Waals surface area contributed by atoms with Crippen molar-refractivity contribution in [1.29, 1.82) is 0 Å². The second-order valence-corrected chi connectivity index (χ2v) is 8.32. The van der Waals surface area contributed by atoms with Crippen LogP contribution in [0.4, 0.5) is 0 Å². The Morgan fingerprint density at radius 3 is 3.16 bits per heavy atom. The molecule has 1 N–H and O–H groups in total. The molecule has 1 saturated heterocycles. The summed E-state index contributed by atoms with van der Waals surface area (Å²) in [7, 11) is 2.11. The fourth-order valence-electron chi connectivity index (χ4n) is 4.07. The van der Waals surface area contributed by atoms with E-state index in [4.69, 9.17) is 0 Å². The third kappa shape index (κ3) is 3.51. The highest BCUT2D eigenvalue weighted by molar-refractivity contribution is 7.09. The van der Waals surface area contributed by atoms with E-state index in [-0.39, 0.29) is 5.91 Å². The quantitative estimate of drug-likeness (QED) is 0.914. The van der Waals surface area contributed by atoms with Crippen LogP contribution in [-0.2, 0) is 19.4 Å². The number of rotatable bonds is 4. The number of fused-ring (bicyclic) bond motifs is 1. The van der Waals surface area contributed by atoms with E-state index >= 15 is 0 Å². The van der Waals surface area contributed by atoms with Gasteiger partial charge >= 0.3 is 0 Å². The van der Waals surface area contributed by atoms with Crippen LogP contribution in [0, 0.1) is 0 Å². The average Bonchev–Trinajstić information content (AvgIpc) is 3.29. The van der Waals surface area contributed by atoms with Crippen molar-refractivity contribution in [3.63, 3.8) is 0 Å². The van der Waals surface area contributed by atoms with Crippen LogP contribution in [0.5, 0.6) is 0 Å². The van der Waals surface area contributed by atoms with Gasteiger partial charge in [0.25, 0.3) is 5.91 Å². The monoisotopic (exact) mass is 358 g/mol. The highest BCUT2D eigenvalue weighted by Gasteiger charge is 2.32. The number of aryl methyl sites for hydroxylation is 1. The van der Waals surface area contributed by atoms with Crippen molar-refractivity contribution in [2.75, 3.05) is 20.1 Å². The number of aromatic nitrogens is 2. The Bertz CT molecular complexity index is 724. The lowest BCUT2D eigenvalue weighted by Crippen LogP contribution is -2.44. The van der Waals surface area contributed by atoms with E-state index < -0.39 is 0 Å². The molecule has 1 fully saturated rings. The zero-order chi connectivity index (χ0) is 17.2. The highest BCUT2D eigenvalue weighted by atomic mass is 32.1. The smallest absolute Gasteiger partial charge is 0.274 e. The number of hydrogen-bond acceptors (Lipinski definition) is 4. The topological polar surface area (TPSA) is 52.2 Å². The number of H-pyrrole nitrogens is 1. The zero-order valence-corrected chi connectivity index (χ0v) is 15.6. The summed E-state index contributed by atoms with van der Waals surface area (Å²) in [5.41, 5.74) is 2.92. The fraction of sp³-hybridized carbons (Fsp3) is 0.579. The molecule has 2 aliphatic heterocycles. The van der Waals surface area contributed by atoms with E-state index in [0.717, 1.165) is 63.0 Å². The maximum absolute atomic E-state index is 13.2. The molecule has 0 radical (unpaired) electrons. The Morgan fingerprint density at radius 1 is 1.40 bits per heavy atom. The van der Waals surface area contributed by atoms with Crippen molar-refractivity contribution in [2.45, 2.75) is 51.1 Å². The van der Waals surface area contributed by atoms with E-state index in [1.165, 1.54) is 11.3 Å². The van der Waals surface area contributed by atoms with Crippen molar-refractivity contribution < 1.29 is 4.79 Å². The van der Waals surface area contributed by atoms with Crippen molar-refractivity contribution >= 4 is 17.2 Å². The molecule has 0 bridgehead atoms. The molecule has 25 heavy (non-hydrogen) atoms. The van der Waals surface area contributed by atoms with Crippen LogP contribution in [0.1, 0.15) is 52.3 Å². The minimum atomic E-state index is 0.128. The molecule has 2 aromatic heterocycles. The summed E-state index contributed by atoms with van der Waals surface area (Å²) in [5.74, 6) is 0.128. The second-order valence-electron chi connectivity index (χ2n) is 7.28. The molecule has 134 valence electrons. The molecule has 1 unspecified atom stereocenters. The number of nitrogens with one attached hydrogen (secondary N) is 1. The summed E-state index contributed by atoms with van der Waals surface area (Å²) in [6.07, 6.45) is 6.51. The van der Waals surface area contributed by atoms with Crippen molar-refractivity contribution in [3.05, 3.63) is 39.3 Å². The largest absolute Gasteiger partial charge is 0.334 e. The SMILES string of the molecule is CN1CCc2[nH]nc(C(=O)N3CCCCC3CCc3cccs3)c2C1. The minimum absolute atomic E-state index is 0.128. The maximum Gasteiger partial charge on any atom is 0.274 e. The summed E-state index contributed by atoms with van der Waals surface area (Å²) in [6, 6.07) is 4.65. The van der Waals surface area contributed by atoms with E-state index in [1.54, 1.807) is 0 Å². The summed E-state index contributed by atoms with van der Waals surface area (Å²) in [4.78, 5) is 19.0. The molecule has 2 aromatic rings. The number of hydrogen-bond donors (Lipinski definition) is 1. The normalized spacial score (nSPS) is 21.3. The van der Waals surface area contributed by atoms with Crippen LogP contribution >= 0.6 is 11.3 Å². The number of amides is 1. The van der Waals surface area contributed by atoms with E-state index in [9.17, 15) is 4.79 Å². The molecule has 5 nitrogen and oxygen atoms in total. The molecule has 0 aromatic carbocycles. The Labute approximate surface area is 153 Å². The Morgan fingerprint density at radius 2 is 2.32 bits per heavy atom. The minimum Gasteiger partial charge on any atom is -0.334 e. The first-order chi connectivity index (χ1) is 12.2. The lowest BCUT2D eigenvalue weighted by atomic mass is 9.96. The number of carbonyl (C=O) groups excluding carboxylic acids is 1. The number of likely N-dealkylation sites (tertiary alicyclic amines) is 1. The van der Waals surface area contributed by atoms with Crippen LogP contribution in [0.15, 0.2) is 17.5 Å². The second kappa shape index (κ2) is 7.30. The van der Waals surface area contributed by atoms with Crippen molar-refractivity contribution in [3.8, 4) is 0 Å². The summed E-state index contributed by atoms with van der Waals surface area (Å²) in [5, 5.41) is 9.66. The average molecular weight is 359 g/mol. The van der Waals surface area contributed by atoms with Crippen molar-refractivity contribution in [1.82, 2.24) is 20.0 Å². The molecular formula is C19H26N4OS. The van der Waals surface area contributed by atoms with Crippen LogP contribution in [-0.4, -0.2) is 52.1 Å². The molecule has 0 aliphatic carbocycles. The number of aromatic amines is 1. The van der Waals surface area contributed by atoms with Gasteiger partial charge in [0, 0.05) is 48.2 Å². The standard InChI is InChI=1S/C19H26N4OS/c1-22-11-9-17-16(13-22)18(21-20-17)19(24)23-10-3-2-5-14(23)7-8-15-6-4-12-25-15/h4,6,12,14H,2-3,5,7-11,13H2,1H3,(H,20,21). The number of likely N-dealkylation sites (N-methyl/N-ethyl adjacent to an activating group) is 1. The molecule has 1 amide bonds. The first-order valence-corrected chi connectivity index (χ1v) is 10.2. The number of nitrogens with zero attached hydrogens (tertiary/aromatic N) is 3. The summed E-state index contributed by atoms with van der Waals surface area (Å²) >= 11 is 1.81. The van der Waals surface area contributed by atoms with Crippen molar-refractivity contribution in [2.24, 2.45) is 0 Å². The first kappa shape index (κ1) is 16.8. The van der Waals surface area contributed by atoms with Gasteiger partial charge in [-0.25, -0.2) is 0 Å². The lowest BCUT2D eigenvalue weighted by molar-refractivity contribution is 0.0594. The third-order valence-electron chi connectivity index (χ3n) is 5.52. The Hall–Kier alpha value is -1.66. The summed E-state index contributed by atoms with van der Waals surface area (Å²) < 4.78 is 0. The molecule has 6 heteroatoms. The number of piperidine rings is 1. The van der Waals surface area contributed by atoms with E-state index in [1.807, 2.05) is 11.3 Å². The Balaban J connectivity index is 1.50. The summed E-state index contributed by atoms with van der Waals surface area (Å²) in [6.45, 7) is 2.71. The maximum atomic E-state index is 13.2. The molecule has 1 atom stereocenters. The van der Waals surface area contributed by atoms with Gasteiger partial charge in [0.05, 0.1) is 0 Å². The molecular weight excluding hydrogens is 332 g/mol. The van der Waals surface area contributed by atoms with Gasteiger partial charge in [-0.05, 0) is 50.6 Å². The Kier molecular flexibility index (Phi) is 4.90. The van der Waals surface area contributed by atoms with Crippen LogP contribution in [0.3, 0.4) is 0 Å². The van der Waals surface area contributed by atoms with Crippen LogP contribution in [0.2, 0.25) is 0 Å². The zero-order valence-electron chi connectivity index (χ0n) is 14.8. The molecule has 0 saturated carbocycles. The van der Waals surface area contributed by atoms with E-state index in [0.29, 0.717) is 11.7 Å². The number of thiophene rings is 1. The predicted molar refractivity (Wildman–Crippen MR) is 99.9 cm³/mol. The third-order valence-corrected chi connectivity index (χ3v) is 6.46. The number of carbonyl (C=O) groups is 1. The fourth-order valence-corrected chi connectivity index (χ4v) is 4.80. The van der Waals surface area contributed by atoms with Gasteiger partial charge in [0.15, 0.2) is 5.69 Å². The predicted octanol–water partition coefficient (Wildman–Crippen LogP) is 3.09. The molecule has 4 heterocycles. The molecule has 0 spiro atoms. The van der Waals surface area contributed by atoms with Gasteiger partial charge in [-0.3, -0.25) is 9.89 Å². The van der Waals surface area contributed by atoms with Gasteiger partial charge in [0.2, 0.25) is 0 Å².